The molecule has 1 amide bonds. The van der Waals surface area contributed by atoms with Gasteiger partial charge in [-0.05, 0) is 55.4 Å². The molecule has 3 aliphatic rings. The van der Waals surface area contributed by atoms with E-state index in [0.29, 0.717) is 24.2 Å². The summed E-state index contributed by atoms with van der Waals surface area (Å²) in [6.45, 7) is 2.75. The number of hydrogen-bond donors (Lipinski definition) is 1. The lowest BCUT2D eigenvalue weighted by Crippen LogP contribution is -2.33. The molecule has 0 spiro atoms. The van der Waals surface area contributed by atoms with Crippen LogP contribution in [0.5, 0.6) is 0 Å². The Morgan fingerprint density at radius 3 is 2.61 bits per heavy atom. The summed E-state index contributed by atoms with van der Waals surface area (Å²) in [7, 11) is 1.81. The van der Waals surface area contributed by atoms with Gasteiger partial charge in [0, 0.05) is 30.7 Å². The molecule has 5 nitrogen and oxygen atoms in total. The Kier molecular flexibility index (Phi) is 5.45. The van der Waals surface area contributed by atoms with Crippen LogP contribution in [0.25, 0.3) is 0 Å². The SMILES string of the molecule is COC1CCC(C2=NCc3cc4c(cc32)N=C(C(=O)N[C@H](C)c2ccccc2)C4)CC1. The van der Waals surface area contributed by atoms with E-state index in [-0.39, 0.29) is 11.9 Å². The maximum absolute atomic E-state index is 12.8. The number of nitrogens with zero attached hydrogens (tertiary/aromatic N) is 2. The maximum atomic E-state index is 12.8. The normalized spacial score (nSPS) is 22.9. The van der Waals surface area contributed by atoms with Crippen LogP contribution in [0.2, 0.25) is 0 Å². The summed E-state index contributed by atoms with van der Waals surface area (Å²) in [6.07, 6.45) is 5.43. The number of ether oxygens (including phenoxy) is 1. The van der Waals surface area contributed by atoms with Gasteiger partial charge in [-0.3, -0.25) is 9.79 Å². The van der Waals surface area contributed by atoms with Crippen LogP contribution in [0.4, 0.5) is 5.69 Å². The summed E-state index contributed by atoms with van der Waals surface area (Å²) in [6, 6.07) is 14.4. The number of amides is 1. The first-order valence-electron chi connectivity index (χ1n) is 11.3. The van der Waals surface area contributed by atoms with Crippen molar-refractivity contribution in [1.82, 2.24) is 5.32 Å². The molecule has 2 aromatic rings. The summed E-state index contributed by atoms with van der Waals surface area (Å²) in [5, 5.41) is 3.09. The van der Waals surface area contributed by atoms with Gasteiger partial charge < -0.3 is 10.1 Å². The molecule has 5 rings (SSSR count). The number of aliphatic imine (C=N–C) groups is 2. The molecular weight excluding hydrogens is 386 g/mol. The maximum Gasteiger partial charge on any atom is 0.266 e. The zero-order chi connectivity index (χ0) is 21.4. The fraction of sp³-hybridized carbons (Fsp3) is 0.423. The molecular formula is C26H29N3O2. The van der Waals surface area contributed by atoms with E-state index in [1.165, 1.54) is 16.8 Å². The van der Waals surface area contributed by atoms with Crippen molar-refractivity contribution < 1.29 is 9.53 Å². The van der Waals surface area contributed by atoms with Crippen LogP contribution in [0.15, 0.2) is 52.4 Å². The fourth-order valence-electron chi connectivity index (χ4n) is 5.08. The number of fused-ring (bicyclic) bond motifs is 2. The first-order valence-corrected chi connectivity index (χ1v) is 11.3. The molecule has 2 heterocycles. The van der Waals surface area contributed by atoms with Crippen molar-refractivity contribution >= 4 is 23.0 Å². The molecule has 0 saturated heterocycles. The lowest BCUT2D eigenvalue weighted by Gasteiger charge is -2.28. The first-order chi connectivity index (χ1) is 15.1. The largest absolute Gasteiger partial charge is 0.381 e. The van der Waals surface area contributed by atoms with E-state index >= 15 is 0 Å². The van der Waals surface area contributed by atoms with Gasteiger partial charge in [0.1, 0.15) is 5.71 Å². The predicted molar refractivity (Wildman–Crippen MR) is 123 cm³/mol. The number of carbonyl (C=O) groups excluding carboxylic acids is 1. The average Bonchev–Trinajstić information content (AvgIpc) is 3.41. The van der Waals surface area contributed by atoms with Gasteiger partial charge in [0.15, 0.2) is 0 Å². The quantitative estimate of drug-likeness (QED) is 0.769. The topological polar surface area (TPSA) is 63.1 Å². The first kappa shape index (κ1) is 20.1. The molecule has 0 unspecified atom stereocenters. The van der Waals surface area contributed by atoms with Crippen LogP contribution in [0, 0.1) is 5.92 Å². The molecule has 1 saturated carbocycles. The molecule has 1 fully saturated rings. The van der Waals surface area contributed by atoms with Crippen molar-refractivity contribution in [2.75, 3.05) is 7.11 Å². The van der Waals surface area contributed by atoms with Gasteiger partial charge in [-0.25, -0.2) is 4.99 Å². The Morgan fingerprint density at radius 1 is 1.10 bits per heavy atom. The highest BCUT2D eigenvalue weighted by molar-refractivity contribution is 6.41. The minimum absolute atomic E-state index is 0.0499. The Balaban J connectivity index is 1.30. The van der Waals surface area contributed by atoms with Crippen molar-refractivity contribution in [2.45, 2.75) is 57.7 Å². The van der Waals surface area contributed by atoms with E-state index < -0.39 is 0 Å². The van der Waals surface area contributed by atoms with Gasteiger partial charge in [0.05, 0.1) is 24.4 Å². The van der Waals surface area contributed by atoms with Crippen LogP contribution in [0.1, 0.15) is 60.9 Å². The van der Waals surface area contributed by atoms with Crippen LogP contribution < -0.4 is 5.32 Å². The smallest absolute Gasteiger partial charge is 0.266 e. The number of rotatable bonds is 5. The molecule has 31 heavy (non-hydrogen) atoms. The van der Waals surface area contributed by atoms with Crippen LogP contribution in [0.3, 0.4) is 0 Å². The molecule has 160 valence electrons. The Morgan fingerprint density at radius 2 is 1.87 bits per heavy atom. The van der Waals surface area contributed by atoms with Gasteiger partial charge in [-0.1, -0.05) is 36.4 Å². The van der Waals surface area contributed by atoms with Crippen molar-refractivity contribution in [3.05, 3.63) is 64.7 Å². The third kappa shape index (κ3) is 3.94. The Bertz CT molecular complexity index is 1050. The highest BCUT2D eigenvalue weighted by Crippen LogP contribution is 2.37. The van der Waals surface area contributed by atoms with Crippen LogP contribution in [-0.2, 0) is 22.5 Å². The van der Waals surface area contributed by atoms with Gasteiger partial charge >= 0.3 is 0 Å². The molecule has 2 aromatic carbocycles. The van der Waals surface area contributed by atoms with Crippen molar-refractivity contribution in [1.29, 1.82) is 0 Å². The molecule has 0 bridgehead atoms. The second-order valence-electron chi connectivity index (χ2n) is 8.89. The molecule has 5 heteroatoms. The monoisotopic (exact) mass is 415 g/mol. The van der Waals surface area contributed by atoms with Gasteiger partial charge in [-0.15, -0.1) is 0 Å². The number of carbonyl (C=O) groups is 1. The summed E-state index contributed by atoms with van der Waals surface area (Å²) >= 11 is 0. The number of hydrogen-bond acceptors (Lipinski definition) is 4. The minimum Gasteiger partial charge on any atom is -0.381 e. The summed E-state index contributed by atoms with van der Waals surface area (Å²) in [5.74, 6) is 0.421. The van der Waals surface area contributed by atoms with E-state index in [1.807, 2.05) is 44.4 Å². The highest BCUT2D eigenvalue weighted by atomic mass is 16.5. The molecule has 0 aromatic heterocycles. The third-order valence-electron chi connectivity index (χ3n) is 6.92. The second kappa shape index (κ2) is 8.39. The summed E-state index contributed by atoms with van der Waals surface area (Å²) < 4.78 is 5.53. The van der Waals surface area contributed by atoms with Crippen molar-refractivity contribution in [3.63, 3.8) is 0 Å². The average molecular weight is 416 g/mol. The lowest BCUT2D eigenvalue weighted by atomic mass is 9.81. The third-order valence-corrected chi connectivity index (χ3v) is 6.92. The van der Waals surface area contributed by atoms with Gasteiger partial charge in [0.2, 0.25) is 0 Å². The molecule has 1 atom stereocenters. The molecule has 1 aliphatic carbocycles. The standard InChI is InChI=1S/C26H29N3O2/c1-16(17-6-4-3-5-7-17)28-26(30)24-13-19-12-20-15-27-25(22(20)14-23(19)29-24)18-8-10-21(31-2)11-9-18/h3-7,12,14,16,18,21H,8-11,13,15H2,1-2H3,(H,28,30)/t16-,18?,21?/m1/s1. The minimum atomic E-state index is -0.0838. The highest BCUT2D eigenvalue weighted by Gasteiger charge is 2.31. The van der Waals surface area contributed by atoms with E-state index in [4.69, 9.17) is 14.7 Å². The van der Waals surface area contributed by atoms with Crippen LogP contribution >= 0.6 is 0 Å². The van der Waals surface area contributed by atoms with E-state index in [0.717, 1.165) is 49.0 Å². The zero-order valence-corrected chi connectivity index (χ0v) is 18.2. The predicted octanol–water partition coefficient (Wildman–Crippen LogP) is 4.70. The Labute approximate surface area is 183 Å². The number of benzene rings is 2. The zero-order valence-electron chi connectivity index (χ0n) is 18.2. The molecule has 2 aliphatic heterocycles. The van der Waals surface area contributed by atoms with Crippen molar-refractivity contribution in [2.24, 2.45) is 15.9 Å². The number of nitrogens with one attached hydrogen (secondary N) is 1. The van der Waals surface area contributed by atoms with Gasteiger partial charge in [0.25, 0.3) is 5.91 Å². The fourth-order valence-corrected chi connectivity index (χ4v) is 5.08. The molecule has 0 radical (unpaired) electrons. The molecule has 1 N–H and O–H groups in total. The summed E-state index contributed by atoms with van der Waals surface area (Å²) in [5.41, 5.74) is 7.50. The second-order valence-corrected chi connectivity index (χ2v) is 8.89. The van der Waals surface area contributed by atoms with E-state index in [9.17, 15) is 4.79 Å². The lowest BCUT2D eigenvalue weighted by molar-refractivity contribution is -0.115. The van der Waals surface area contributed by atoms with Crippen molar-refractivity contribution in [3.8, 4) is 0 Å². The van der Waals surface area contributed by atoms with Crippen LogP contribution in [-0.4, -0.2) is 30.5 Å². The summed E-state index contributed by atoms with van der Waals surface area (Å²) in [4.78, 5) is 22.4. The number of methoxy groups -OCH3 is 1. The van der Waals surface area contributed by atoms with E-state index in [2.05, 4.69) is 17.4 Å². The Hall–Kier alpha value is -2.79. The van der Waals surface area contributed by atoms with Gasteiger partial charge in [-0.2, -0.15) is 0 Å². The van der Waals surface area contributed by atoms with E-state index in [1.54, 1.807) is 0 Å².